The van der Waals surface area contributed by atoms with E-state index >= 15 is 0 Å². The number of benzene rings is 1. The molecule has 126 valence electrons. The zero-order valence-corrected chi connectivity index (χ0v) is 13.2. The fraction of sp³-hybridized carbons (Fsp3) is 0.0588. The molecule has 2 aromatic rings. The van der Waals surface area contributed by atoms with Crippen molar-refractivity contribution in [3.63, 3.8) is 0 Å². The molecule has 8 heteroatoms. The van der Waals surface area contributed by atoms with Crippen LogP contribution in [0.15, 0.2) is 67.3 Å². The highest BCUT2D eigenvalue weighted by Crippen LogP contribution is 2.27. The number of hydrogen-bond acceptors (Lipinski definition) is 7. The van der Waals surface area contributed by atoms with Gasteiger partial charge in [0.25, 0.3) is 6.20 Å². The molecule has 1 heterocycles. The van der Waals surface area contributed by atoms with Crippen LogP contribution in [0, 0.1) is 21.4 Å². The lowest BCUT2D eigenvalue weighted by Gasteiger charge is -2.14. The van der Waals surface area contributed by atoms with Gasteiger partial charge in [0, 0.05) is 12.3 Å². The molecular weight excluding hydrogens is 322 g/mol. The van der Waals surface area contributed by atoms with Crippen molar-refractivity contribution in [1.82, 2.24) is 4.98 Å². The quantitative estimate of drug-likeness (QED) is 0.432. The number of nitriles is 1. The van der Waals surface area contributed by atoms with E-state index in [1.54, 1.807) is 42.6 Å². The second-order valence-corrected chi connectivity index (χ2v) is 4.72. The lowest BCUT2D eigenvalue weighted by molar-refractivity contribution is -0.403. The number of hydrogen-bond donors (Lipinski definition) is 2. The fourth-order valence-corrected chi connectivity index (χ4v) is 1.88. The number of nitrogens with zero attached hydrogens (tertiary/aromatic N) is 3. The predicted octanol–water partition coefficient (Wildman–Crippen LogP) is 3.12. The summed E-state index contributed by atoms with van der Waals surface area (Å²) >= 11 is 0. The highest BCUT2D eigenvalue weighted by Gasteiger charge is 2.10. The molecule has 0 fully saturated rings. The van der Waals surface area contributed by atoms with Crippen molar-refractivity contribution in [2.75, 3.05) is 17.2 Å². The van der Waals surface area contributed by atoms with E-state index in [0.29, 0.717) is 22.8 Å². The first-order valence-corrected chi connectivity index (χ1v) is 7.20. The van der Waals surface area contributed by atoms with Gasteiger partial charge in [-0.15, -0.1) is 0 Å². The first-order valence-electron chi connectivity index (χ1n) is 7.20. The SMILES string of the molecule is C=CCOc1cc(C#N)ccc1N/C(=C/[N+](=O)[O-])Nc1ccccn1. The number of nitro groups is 1. The molecule has 0 bridgehead atoms. The summed E-state index contributed by atoms with van der Waals surface area (Å²) in [7, 11) is 0. The van der Waals surface area contributed by atoms with Gasteiger partial charge in [0.1, 0.15) is 18.2 Å². The van der Waals surface area contributed by atoms with Gasteiger partial charge in [0.15, 0.2) is 5.82 Å². The van der Waals surface area contributed by atoms with Gasteiger partial charge in [-0.05, 0) is 24.3 Å². The molecule has 0 unspecified atom stereocenters. The summed E-state index contributed by atoms with van der Waals surface area (Å²) in [6, 6.07) is 11.9. The standard InChI is InChI=1S/C17H15N5O3/c1-2-9-25-15-10-13(11-18)6-7-14(15)20-17(12-22(23)24)21-16-5-3-4-8-19-16/h2-8,10,12,20H,1,9H2,(H,19,21)/b17-12-. The largest absolute Gasteiger partial charge is 0.487 e. The van der Waals surface area contributed by atoms with E-state index in [0.717, 1.165) is 6.20 Å². The van der Waals surface area contributed by atoms with E-state index in [1.807, 2.05) is 6.07 Å². The molecule has 0 saturated carbocycles. The highest BCUT2D eigenvalue weighted by atomic mass is 16.6. The smallest absolute Gasteiger partial charge is 0.274 e. The Labute approximate surface area is 144 Å². The summed E-state index contributed by atoms with van der Waals surface area (Å²) in [5, 5.41) is 25.6. The average molecular weight is 337 g/mol. The van der Waals surface area contributed by atoms with Crippen LogP contribution < -0.4 is 15.4 Å². The van der Waals surface area contributed by atoms with Crippen LogP contribution in [-0.4, -0.2) is 16.5 Å². The number of aromatic nitrogens is 1. The van der Waals surface area contributed by atoms with Gasteiger partial charge in [0.05, 0.1) is 22.2 Å². The van der Waals surface area contributed by atoms with Gasteiger partial charge in [-0.1, -0.05) is 18.7 Å². The van der Waals surface area contributed by atoms with Gasteiger partial charge < -0.3 is 15.4 Å². The Bertz CT molecular complexity index is 828. The maximum absolute atomic E-state index is 10.9. The lowest BCUT2D eigenvalue weighted by Crippen LogP contribution is -2.13. The van der Waals surface area contributed by atoms with Crippen molar-refractivity contribution in [2.45, 2.75) is 0 Å². The molecule has 1 aromatic heterocycles. The first-order chi connectivity index (χ1) is 12.1. The molecule has 0 amide bonds. The van der Waals surface area contributed by atoms with Crippen molar-refractivity contribution in [1.29, 1.82) is 5.26 Å². The third kappa shape index (κ3) is 5.37. The van der Waals surface area contributed by atoms with E-state index < -0.39 is 4.92 Å². The minimum atomic E-state index is -0.591. The maximum atomic E-state index is 10.9. The molecule has 8 nitrogen and oxygen atoms in total. The highest BCUT2D eigenvalue weighted by molar-refractivity contribution is 5.63. The zero-order chi connectivity index (χ0) is 18.1. The number of nitrogens with one attached hydrogen (secondary N) is 2. The van der Waals surface area contributed by atoms with Crippen LogP contribution in [0.3, 0.4) is 0 Å². The second-order valence-electron chi connectivity index (χ2n) is 4.72. The molecule has 0 aliphatic carbocycles. The third-order valence-electron chi connectivity index (χ3n) is 2.90. The van der Waals surface area contributed by atoms with Gasteiger partial charge in [0.2, 0.25) is 0 Å². The monoisotopic (exact) mass is 337 g/mol. The molecule has 0 atom stereocenters. The number of ether oxygens (including phenoxy) is 1. The van der Waals surface area contributed by atoms with Crippen LogP contribution in [-0.2, 0) is 0 Å². The summed E-state index contributed by atoms with van der Waals surface area (Å²) in [5.41, 5.74) is 0.861. The van der Waals surface area contributed by atoms with Crippen LogP contribution in [0.25, 0.3) is 0 Å². The number of anilines is 2. The van der Waals surface area contributed by atoms with Crippen LogP contribution >= 0.6 is 0 Å². The van der Waals surface area contributed by atoms with Gasteiger partial charge in [-0.2, -0.15) is 5.26 Å². The Hall–Kier alpha value is -3.86. The van der Waals surface area contributed by atoms with E-state index in [9.17, 15) is 10.1 Å². The Morgan fingerprint density at radius 3 is 2.88 bits per heavy atom. The van der Waals surface area contributed by atoms with Gasteiger partial charge in [-0.3, -0.25) is 10.1 Å². The van der Waals surface area contributed by atoms with Crippen molar-refractivity contribution in [3.05, 3.63) is 82.9 Å². The van der Waals surface area contributed by atoms with E-state index in [2.05, 4.69) is 22.2 Å². The number of pyridine rings is 1. The minimum absolute atomic E-state index is 0.0943. The molecule has 0 radical (unpaired) electrons. The minimum Gasteiger partial charge on any atom is -0.487 e. The summed E-state index contributed by atoms with van der Waals surface area (Å²) in [6.07, 6.45) is 3.90. The van der Waals surface area contributed by atoms with Crippen molar-refractivity contribution >= 4 is 11.5 Å². The summed E-state index contributed by atoms with van der Waals surface area (Å²) in [6.45, 7) is 3.80. The Morgan fingerprint density at radius 2 is 2.24 bits per heavy atom. The molecular formula is C17H15N5O3. The first kappa shape index (κ1) is 17.5. The molecule has 0 aliphatic heterocycles. The molecule has 2 rings (SSSR count). The van der Waals surface area contributed by atoms with Crippen LogP contribution in [0.1, 0.15) is 5.56 Å². The third-order valence-corrected chi connectivity index (χ3v) is 2.90. The maximum Gasteiger partial charge on any atom is 0.274 e. The molecule has 1 aromatic carbocycles. The summed E-state index contributed by atoms with van der Waals surface area (Å²) in [4.78, 5) is 14.4. The van der Waals surface area contributed by atoms with E-state index in [1.165, 1.54) is 6.07 Å². The molecule has 25 heavy (non-hydrogen) atoms. The fourth-order valence-electron chi connectivity index (χ4n) is 1.88. The average Bonchev–Trinajstić information content (AvgIpc) is 2.61. The Balaban J connectivity index is 2.30. The lowest BCUT2D eigenvalue weighted by atomic mass is 10.2. The topological polar surface area (TPSA) is 113 Å². The van der Waals surface area contributed by atoms with Crippen molar-refractivity contribution < 1.29 is 9.66 Å². The second kappa shape index (κ2) is 8.69. The number of rotatable bonds is 8. The molecule has 0 saturated heterocycles. The summed E-state index contributed by atoms with van der Waals surface area (Å²) < 4.78 is 5.51. The van der Waals surface area contributed by atoms with E-state index in [-0.39, 0.29) is 12.4 Å². The van der Waals surface area contributed by atoms with Crippen LogP contribution in [0.5, 0.6) is 5.75 Å². The van der Waals surface area contributed by atoms with Crippen molar-refractivity contribution in [3.8, 4) is 11.8 Å². The van der Waals surface area contributed by atoms with Gasteiger partial charge >= 0.3 is 0 Å². The van der Waals surface area contributed by atoms with Crippen molar-refractivity contribution in [2.24, 2.45) is 0 Å². The molecule has 2 N–H and O–H groups in total. The Kier molecular flexibility index (Phi) is 6.08. The Morgan fingerprint density at radius 1 is 1.40 bits per heavy atom. The molecule has 0 spiro atoms. The normalized spacial score (nSPS) is 10.4. The summed E-state index contributed by atoms with van der Waals surface area (Å²) in [5.74, 6) is 0.901. The molecule has 0 aliphatic rings. The predicted molar refractivity (Wildman–Crippen MR) is 93.4 cm³/mol. The van der Waals surface area contributed by atoms with Crippen LogP contribution in [0.2, 0.25) is 0 Å². The van der Waals surface area contributed by atoms with Crippen LogP contribution in [0.4, 0.5) is 11.5 Å². The van der Waals surface area contributed by atoms with E-state index in [4.69, 9.17) is 10.00 Å². The zero-order valence-electron chi connectivity index (χ0n) is 13.2. The van der Waals surface area contributed by atoms with Gasteiger partial charge in [-0.25, -0.2) is 4.98 Å².